The normalized spacial score (nSPS) is 9.71. The highest BCUT2D eigenvalue weighted by atomic mass is 79.9. The van der Waals surface area contributed by atoms with Crippen LogP contribution in [-0.4, -0.2) is 5.91 Å². The van der Waals surface area contributed by atoms with Crippen molar-refractivity contribution in [3.63, 3.8) is 0 Å². The van der Waals surface area contributed by atoms with Crippen LogP contribution in [0, 0.1) is 0 Å². The third kappa shape index (κ3) is 4.81. The Balaban J connectivity index is 0.00000208. The van der Waals surface area contributed by atoms with E-state index in [-0.39, 0.29) is 18.3 Å². The number of amides is 1. The summed E-state index contributed by atoms with van der Waals surface area (Å²) in [7, 11) is 0. The maximum Gasteiger partial charge on any atom is 0.255 e. The minimum atomic E-state index is -0.149. The molecule has 0 fully saturated rings. The molecule has 1 aromatic heterocycles. The van der Waals surface area contributed by atoms with Crippen molar-refractivity contribution >= 4 is 27.5 Å². The summed E-state index contributed by atoms with van der Waals surface area (Å²) in [6.07, 6.45) is 3.58. The number of benzene rings is 2. The van der Waals surface area contributed by atoms with Gasteiger partial charge < -0.3 is 22.5 Å². The molecule has 122 valence electrons. The van der Waals surface area contributed by atoms with E-state index < -0.39 is 0 Å². The topological polar surface area (TPSA) is 52.5 Å². The van der Waals surface area contributed by atoms with E-state index in [4.69, 9.17) is 4.74 Å². The Hall–Kier alpha value is -2.37. The van der Waals surface area contributed by atoms with Gasteiger partial charge in [0.15, 0.2) is 11.9 Å². The van der Waals surface area contributed by atoms with Gasteiger partial charge in [0, 0.05) is 21.8 Å². The van der Waals surface area contributed by atoms with Crippen LogP contribution < -0.4 is 27.4 Å². The fourth-order valence-corrected chi connectivity index (χ4v) is 2.25. The first-order valence-electron chi connectivity index (χ1n) is 7.02. The summed E-state index contributed by atoms with van der Waals surface area (Å²) < 4.78 is 6.63. The van der Waals surface area contributed by atoms with Gasteiger partial charge in [-0.15, -0.1) is 0 Å². The average molecular weight is 406 g/mol. The molecule has 0 bridgehead atoms. The smallest absolute Gasteiger partial charge is 0.255 e. The van der Waals surface area contributed by atoms with Crippen LogP contribution in [0.15, 0.2) is 77.5 Å². The van der Waals surface area contributed by atoms with Crippen molar-refractivity contribution in [2.24, 2.45) is 0 Å². The van der Waals surface area contributed by atoms with Crippen molar-refractivity contribution in [2.75, 3.05) is 5.32 Å². The van der Waals surface area contributed by atoms with Crippen LogP contribution >= 0.6 is 15.9 Å². The van der Waals surface area contributed by atoms with Gasteiger partial charge in [0.2, 0.25) is 6.20 Å². The molecule has 1 heterocycles. The van der Waals surface area contributed by atoms with Crippen molar-refractivity contribution in [1.82, 2.24) is 0 Å². The molecule has 24 heavy (non-hydrogen) atoms. The highest BCUT2D eigenvalue weighted by Gasteiger charge is 2.06. The Morgan fingerprint density at radius 3 is 2.29 bits per heavy atom. The van der Waals surface area contributed by atoms with E-state index >= 15 is 0 Å². The minimum absolute atomic E-state index is 0. The molecule has 0 spiro atoms. The number of ether oxygens (including phenoxy) is 1. The Kier molecular flexibility index (Phi) is 6.35. The highest BCUT2D eigenvalue weighted by molar-refractivity contribution is 9.10. The zero-order chi connectivity index (χ0) is 16.1. The number of rotatable bonds is 4. The van der Waals surface area contributed by atoms with E-state index in [1.165, 1.54) is 0 Å². The lowest BCUT2D eigenvalue weighted by atomic mass is 10.2. The molecule has 3 rings (SSSR count). The maximum atomic E-state index is 12.1. The predicted molar refractivity (Wildman–Crippen MR) is 91.6 cm³/mol. The van der Waals surface area contributed by atoms with Gasteiger partial charge in [-0.25, -0.2) is 4.98 Å². The van der Waals surface area contributed by atoms with Crippen molar-refractivity contribution in [1.29, 1.82) is 0 Å². The average Bonchev–Trinajstić information content (AvgIpc) is 2.58. The first kappa shape index (κ1) is 18.0. The Morgan fingerprint density at radius 1 is 0.958 bits per heavy atom. The quantitative estimate of drug-likeness (QED) is 0.712. The molecule has 0 aliphatic rings. The molecular weight excluding hydrogens is 392 g/mol. The number of halogens is 2. The molecule has 4 nitrogen and oxygen atoms in total. The van der Waals surface area contributed by atoms with Gasteiger partial charge in [-0.05, 0) is 54.6 Å². The lowest BCUT2D eigenvalue weighted by Gasteiger charge is -2.07. The summed E-state index contributed by atoms with van der Waals surface area (Å²) in [6.45, 7) is 0. The second kappa shape index (κ2) is 8.47. The number of aromatic amines is 1. The number of nitrogens with one attached hydrogen (secondary N) is 2. The fourth-order valence-electron chi connectivity index (χ4n) is 1.99. The lowest BCUT2D eigenvalue weighted by molar-refractivity contribution is -0.378. The van der Waals surface area contributed by atoms with Gasteiger partial charge in [0.1, 0.15) is 5.75 Å². The monoisotopic (exact) mass is 404 g/mol. The van der Waals surface area contributed by atoms with Crippen LogP contribution in [0.1, 0.15) is 10.4 Å². The van der Waals surface area contributed by atoms with Crippen LogP contribution in [0.2, 0.25) is 0 Å². The Morgan fingerprint density at radius 2 is 1.67 bits per heavy atom. The largest absolute Gasteiger partial charge is 1.00 e. The van der Waals surface area contributed by atoms with Crippen molar-refractivity contribution in [3.05, 3.63) is 83.1 Å². The van der Waals surface area contributed by atoms with E-state index in [9.17, 15) is 4.79 Å². The van der Waals surface area contributed by atoms with Crippen LogP contribution in [0.4, 0.5) is 5.69 Å². The molecule has 0 saturated carbocycles. The number of hydrogen-bond donors (Lipinski definition) is 1. The number of anilines is 1. The van der Waals surface area contributed by atoms with Gasteiger partial charge in [0.25, 0.3) is 5.91 Å². The zero-order valence-electron chi connectivity index (χ0n) is 12.5. The van der Waals surface area contributed by atoms with Gasteiger partial charge in [-0.3, -0.25) is 4.79 Å². The van der Waals surface area contributed by atoms with Crippen LogP contribution in [0.5, 0.6) is 11.5 Å². The third-order valence-corrected chi connectivity index (χ3v) is 3.66. The molecular formula is C18H14BrClN2O2. The first-order valence-corrected chi connectivity index (χ1v) is 7.81. The van der Waals surface area contributed by atoms with Gasteiger partial charge >= 0.3 is 0 Å². The maximum absolute atomic E-state index is 12.1. The van der Waals surface area contributed by atoms with E-state index in [1.54, 1.807) is 30.5 Å². The SMILES string of the molecule is O=C(Nc1ccc(Oc2ccc[nH+]c2)cc1)c1ccc(Br)cc1.[Cl-]. The minimum Gasteiger partial charge on any atom is -1.00 e. The van der Waals surface area contributed by atoms with Crippen LogP contribution in [-0.2, 0) is 0 Å². The number of carbonyl (C=O) groups excluding carboxylic acids is 1. The molecule has 0 saturated heterocycles. The summed E-state index contributed by atoms with van der Waals surface area (Å²) in [5, 5.41) is 2.85. The molecule has 0 atom stereocenters. The van der Waals surface area contributed by atoms with Crippen LogP contribution in [0.3, 0.4) is 0 Å². The lowest BCUT2D eigenvalue weighted by Crippen LogP contribution is -3.00. The Bertz CT molecular complexity index is 794. The number of hydrogen-bond acceptors (Lipinski definition) is 2. The summed E-state index contributed by atoms with van der Waals surface area (Å²) in [5.41, 5.74) is 1.32. The standard InChI is InChI=1S/C18H13BrN2O2.ClH/c19-14-5-3-13(4-6-14)18(22)21-15-7-9-16(10-8-15)23-17-2-1-11-20-12-17;/h1-12H,(H,21,22);1H. The molecule has 6 heteroatoms. The van der Waals surface area contributed by atoms with Crippen molar-refractivity contribution in [2.45, 2.75) is 0 Å². The molecule has 2 N–H and O–H groups in total. The summed E-state index contributed by atoms with van der Waals surface area (Å²) in [5.74, 6) is 1.27. The van der Waals surface area contributed by atoms with Crippen molar-refractivity contribution in [3.8, 4) is 11.5 Å². The molecule has 0 unspecified atom stereocenters. The number of carbonyl (C=O) groups is 1. The molecule has 0 aliphatic heterocycles. The molecule has 1 amide bonds. The highest BCUT2D eigenvalue weighted by Crippen LogP contribution is 2.22. The van der Waals surface area contributed by atoms with Crippen molar-refractivity contribution < 1.29 is 26.9 Å². The van der Waals surface area contributed by atoms with E-state index in [0.717, 1.165) is 10.2 Å². The molecule has 0 radical (unpaired) electrons. The summed E-state index contributed by atoms with van der Waals surface area (Å²) >= 11 is 3.35. The van der Waals surface area contributed by atoms with E-state index in [1.807, 2.05) is 42.6 Å². The Labute approximate surface area is 154 Å². The van der Waals surface area contributed by atoms with E-state index in [2.05, 4.69) is 26.2 Å². The third-order valence-electron chi connectivity index (χ3n) is 3.13. The summed E-state index contributed by atoms with van der Waals surface area (Å²) in [6, 6.07) is 18.2. The second-order valence-electron chi connectivity index (χ2n) is 4.83. The van der Waals surface area contributed by atoms with E-state index in [0.29, 0.717) is 17.0 Å². The van der Waals surface area contributed by atoms with Gasteiger partial charge in [0.05, 0.1) is 0 Å². The predicted octanol–water partition coefficient (Wildman–Crippen LogP) is 1.31. The number of pyridine rings is 1. The number of H-pyrrole nitrogens is 1. The number of aromatic nitrogens is 1. The van der Waals surface area contributed by atoms with Crippen LogP contribution in [0.25, 0.3) is 0 Å². The summed E-state index contributed by atoms with van der Waals surface area (Å²) in [4.78, 5) is 15.1. The fraction of sp³-hybridized carbons (Fsp3) is 0. The zero-order valence-corrected chi connectivity index (χ0v) is 14.8. The first-order chi connectivity index (χ1) is 11.2. The molecule has 2 aromatic carbocycles. The van der Waals surface area contributed by atoms with Gasteiger partial charge in [-0.2, -0.15) is 0 Å². The molecule has 0 aliphatic carbocycles. The second-order valence-corrected chi connectivity index (χ2v) is 5.74. The molecule has 3 aromatic rings. The van der Waals surface area contributed by atoms with Gasteiger partial charge in [-0.1, -0.05) is 15.9 Å².